The highest BCUT2D eigenvalue weighted by Gasteiger charge is 2.18. The van der Waals surface area contributed by atoms with E-state index in [0.29, 0.717) is 5.52 Å². The van der Waals surface area contributed by atoms with Gasteiger partial charge in [0.1, 0.15) is 5.52 Å². The Morgan fingerprint density at radius 3 is 2.80 bits per heavy atom. The Bertz CT molecular complexity index is 643. The van der Waals surface area contributed by atoms with Crippen molar-refractivity contribution in [3.63, 3.8) is 0 Å². The van der Waals surface area contributed by atoms with Gasteiger partial charge in [-0.05, 0) is 38.3 Å². The SMILES string of the molecule is CSC(C)(C)CNc1ccc([N+](=O)[O-])c2ncccc12. The minimum atomic E-state index is -0.398. The number of non-ortho nitro benzene ring substituents is 1. The summed E-state index contributed by atoms with van der Waals surface area (Å²) in [5, 5.41) is 15.2. The number of aromatic nitrogens is 1. The fraction of sp³-hybridized carbons (Fsp3) is 0.357. The lowest BCUT2D eigenvalue weighted by Crippen LogP contribution is -2.25. The third-order valence-electron chi connectivity index (χ3n) is 3.20. The van der Waals surface area contributed by atoms with E-state index >= 15 is 0 Å². The van der Waals surface area contributed by atoms with Crippen molar-refractivity contribution in [3.05, 3.63) is 40.6 Å². The van der Waals surface area contributed by atoms with Crippen molar-refractivity contribution >= 4 is 34.0 Å². The Morgan fingerprint density at radius 2 is 2.15 bits per heavy atom. The van der Waals surface area contributed by atoms with Gasteiger partial charge in [-0.25, -0.2) is 4.98 Å². The van der Waals surface area contributed by atoms with E-state index < -0.39 is 4.92 Å². The van der Waals surface area contributed by atoms with Gasteiger partial charge in [0.05, 0.1) is 4.92 Å². The maximum Gasteiger partial charge on any atom is 0.295 e. The number of hydrogen-bond donors (Lipinski definition) is 1. The number of hydrogen-bond acceptors (Lipinski definition) is 5. The molecule has 1 heterocycles. The summed E-state index contributed by atoms with van der Waals surface area (Å²) in [6.07, 6.45) is 3.64. The molecule has 1 aromatic heterocycles. The molecule has 0 amide bonds. The predicted molar refractivity (Wildman–Crippen MR) is 84.5 cm³/mol. The highest BCUT2D eigenvalue weighted by atomic mass is 32.2. The second-order valence-electron chi connectivity index (χ2n) is 5.11. The summed E-state index contributed by atoms with van der Waals surface area (Å²) in [5.41, 5.74) is 1.33. The lowest BCUT2D eigenvalue weighted by molar-refractivity contribution is -0.383. The molecule has 2 rings (SSSR count). The molecule has 0 spiro atoms. The zero-order chi connectivity index (χ0) is 14.8. The van der Waals surface area contributed by atoms with E-state index in [9.17, 15) is 10.1 Å². The summed E-state index contributed by atoms with van der Waals surface area (Å²) in [4.78, 5) is 14.8. The van der Waals surface area contributed by atoms with Crippen molar-refractivity contribution in [2.45, 2.75) is 18.6 Å². The lowest BCUT2D eigenvalue weighted by Gasteiger charge is -2.23. The molecular weight excluding hydrogens is 274 g/mol. The van der Waals surface area contributed by atoms with Crippen molar-refractivity contribution in [1.82, 2.24) is 4.98 Å². The van der Waals surface area contributed by atoms with Crippen LogP contribution in [0.3, 0.4) is 0 Å². The monoisotopic (exact) mass is 291 g/mol. The van der Waals surface area contributed by atoms with Crippen molar-refractivity contribution in [1.29, 1.82) is 0 Å². The van der Waals surface area contributed by atoms with E-state index in [1.165, 1.54) is 6.07 Å². The Kier molecular flexibility index (Phi) is 4.13. The zero-order valence-corrected chi connectivity index (χ0v) is 12.5. The molecule has 6 heteroatoms. The highest BCUT2D eigenvalue weighted by molar-refractivity contribution is 7.99. The molecule has 2 aromatic rings. The molecule has 0 unspecified atom stereocenters. The molecule has 0 aliphatic rings. The molecular formula is C14H17N3O2S. The third-order valence-corrected chi connectivity index (χ3v) is 4.45. The lowest BCUT2D eigenvalue weighted by atomic mass is 10.1. The molecule has 0 fully saturated rings. The van der Waals surface area contributed by atoms with E-state index in [-0.39, 0.29) is 10.4 Å². The average Bonchev–Trinajstić information content (AvgIpc) is 2.44. The predicted octanol–water partition coefficient (Wildman–Crippen LogP) is 3.70. The molecule has 1 N–H and O–H groups in total. The Labute approximate surface area is 121 Å². The minimum absolute atomic E-state index is 0.0373. The quantitative estimate of drug-likeness (QED) is 0.672. The minimum Gasteiger partial charge on any atom is -0.383 e. The Hall–Kier alpha value is -1.82. The van der Waals surface area contributed by atoms with Gasteiger partial charge in [0, 0.05) is 34.6 Å². The Balaban J connectivity index is 2.41. The standard InChI is InChI=1S/C14H17N3O2S/c1-14(2,20-3)9-16-11-6-7-12(17(18)19)13-10(11)5-4-8-15-13/h4-8,16H,9H2,1-3H3. The van der Waals surface area contributed by atoms with Gasteiger partial charge < -0.3 is 5.32 Å². The first kappa shape index (κ1) is 14.6. The largest absolute Gasteiger partial charge is 0.383 e. The number of fused-ring (bicyclic) bond motifs is 1. The fourth-order valence-electron chi connectivity index (χ4n) is 1.84. The van der Waals surface area contributed by atoms with E-state index in [2.05, 4.69) is 30.4 Å². The van der Waals surface area contributed by atoms with Crippen LogP contribution in [0.4, 0.5) is 11.4 Å². The molecule has 0 atom stereocenters. The number of nitro benzene ring substituents is 1. The van der Waals surface area contributed by atoms with Crippen molar-refractivity contribution in [3.8, 4) is 0 Å². The van der Waals surface area contributed by atoms with Gasteiger partial charge in [0.2, 0.25) is 0 Å². The third kappa shape index (κ3) is 3.01. The van der Waals surface area contributed by atoms with Crippen LogP contribution in [-0.4, -0.2) is 27.5 Å². The van der Waals surface area contributed by atoms with Gasteiger partial charge >= 0.3 is 0 Å². The maximum absolute atomic E-state index is 11.0. The van der Waals surface area contributed by atoms with Crippen LogP contribution < -0.4 is 5.32 Å². The summed E-state index contributed by atoms with van der Waals surface area (Å²) in [5.74, 6) is 0. The van der Waals surface area contributed by atoms with Crippen LogP contribution in [0.1, 0.15) is 13.8 Å². The average molecular weight is 291 g/mol. The van der Waals surface area contributed by atoms with Crippen LogP contribution in [0.15, 0.2) is 30.5 Å². The van der Waals surface area contributed by atoms with E-state index in [4.69, 9.17) is 0 Å². The molecule has 0 saturated heterocycles. The molecule has 0 saturated carbocycles. The van der Waals surface area contributed by atoms with Crippen LogP contribution in [0, 0.1) is 10.1 Å². The van der Waals surface area contributed by atoms with Crippen molar-refractivity contribution in [2.75, 3.05) is 18.1 Å². The normalized spacial score (nSPS) is 11.6. The van der Waals surface area contributed by atoms with E-state index in [1.807, 2.05) is 6.07 Å². The number of rotatable bonds is 5. The first-order valence-electron chi connectivity index (χ1n) is 6.26. The smallest absolute Gasteiger partial charge is 0.295 e. The second-order valence-corrected chi connectivity index (χ2v) is 6.62. The van der Waals surface area contributed by atoms with Gasteiger partial charge in [0.25, 0.3) is 5.69 Å². The number of thioether (sulfide) groups is 1. The van der Waals surface area contributed by atoms with Gasteiger partial charge in [-0.1, -0.05) is 0 Å². The number of nitrogens with one attached hydrogen (secondary N) is 1. The number of pyridine rings is 1. The number of anilines is 1. The summed E-state index contributed by atoms with van der Waals surface area (Å²) >= 11 is 1.77. The number of nitro groups is 1. The van der Waals surface area contributed by atoms with Crippen LogP contribution in [-0.2, 0) is 0 Å². The number of nitrogens with zero attached hydrogens (tertiary/aromatic N) is 2. The van der Waals surface area contributed by atoms with E-state index in [0.717, 1.165) is 17.6 Å². The van der Waals surface area contributed by atoms with Gasteiger partial charge in [-0.3, -0.25) is 10.1 Å². The molecule has 1 aromatic carbocycles. The van der Waals surface area contributed by atoms with Crippen LogP contribution in [0.5, 0.6) is 0 Å². The van der Waals surface area contributed by atoms with Crippen LogP contribution >= 0.6 is 11.8 Å². The molecule has 20 heavy (non-hydrogen) atoms. The molecule has 0 aliphatic heterocycles. The molecule has 0 radical (unpaired) electrons. The number of benzene rings is 1. The first-order valence-corrected chi connectivity index (χ1v) is 7.48. The summed E-state index contributed by atoms with van der Waals surface area (Å²) in [6, 6.07) is 6.89. The molecule has 0 bridgehead atoms. The molecule has 0 aliphatic carbocycles. The van der Waals surface area contributed by atoms with Crippen LogP contribution in [0.25, 0.3) is 10.9 Å². The van der Waals surface area contributed by atoms with Gasteiger partial charge in [-0.2, -0.15) is 11.8 Å². The Morgan fingerprint density at radius 1 is 1.40 bits per heavy atom. The zero-order valence-electron chi connectivity index (χ0n) is 11.7. The fourth-order valence-corrected chi connectivity index (χ4v) is 2.06. The van der Waals surface area contributed by atoms with Crippen LogP contribution in [0.2, 0.25) is 0 Å². The summed E-state index contributed by atoms with van der Waals surface area (Å²) in [6.45, 7) is 5.07. The summed E-state index contributed by atoms with van der Waals surface area (Å²) in [7, 11) is 0. The first-order chi connectivity index (χ1) is 9.44. The van der Waals surface area contributed by atoms with Gasteiger partial charge in [-0.15, -0.1) is 0 Å². The molecule has 5 nitrogen and oxygen atoms in total. The topological polar surface area (TPSA) is 68.1 Å². The molecule has 106 valence electrons. The van der Waals surface area contributed by atoms with E-state index in [1.54, 1.807) is 30.1 Å². The summed E-state index contributed by atoms with van der Waals surface area (Å²) < 4.78 is 0.0936. The highest BCUT2D eigenvalue weighted by Crippen LogP contribution is 2.30. The van der Waals surface area contributed by atoms with Crippen molar-refractivity contribution in [2.24, 2.45) is 0 Å². The second kappa shape index (κ2) is 5.66. The van der Waals surface area contributed by atoms with Gasteiger partial charge in [0.15, 0.2) is 0 Å². The maximum atomic E-state index is 11.0. The van der Waals surface area contributed by atoms with Crippen molar-refractivity contribution < 1.29 is 4.92 Å².